The summed E-state index contributed by atoms with van der Waals surface area (Å²) >= 11 is 0. The fraction of sp³-hybridized carbons (Fsp3) is 0.824. The molecule has 1 heterocycles. The van der Waals surface area contributed by atoms with Gasteiger partial charge in [0.05, 0.1) is 12.0 Å². The van der Waals surface area contributed by atoms with Gasteiger partial charge in [0.25, 0.3) is 0 Å². The summed E-state index contributed by atoms with van der Waals surface area (Å²) in [7, 11) is 0. The third-order valence-corrected chi connectivity index (χ3v) is 4.88. The Bertz CT molecular complexity index is 372. The van der Waals surface area contributed by atoms with Crippen molar-refractivity contribution in [1.82, 2.24) is 0 Å². The summed E-state index contributed by atoms with van der Waals surface area (Å²) in [6.45, 7) is 6.27. The monoisotopic (exact) mass is 280 g/mol. The van der Waals surface area contributed by atoms with E-state index in [0.717, 1.165) is 25.7 Å². The molecule has 0 aromatic heterocycles. The Labute approximate surface area is 122 Å². The van der Waals surface area contributed by atoms with Crippen molar-refractivity contribution in [3.05, 3.63) is 12.2 Å². The SMILES string of the molecule is CCCCC[C@](C)(O)/C=C/C1C2CC(=O)O[C@H]2C[C@H]1C. The van der Waals surface area contributed by atoms with Crippen LogP contribution in [0.1, 0.15) is 59.3 Å². The van der Waals surface area contributed by atoms with Crippen LogP contribution in [0.15, 0.2) is 12.2 Å². The molecule has 0 radical (unpaired) electrons. The van der Waals surface area contributed by atoms with E-state index in [2.05, 4.69) is 19.9 Å². The molecule has 1 N–H and O–H groups in total. The lowest BCUT2D eigenvalue weighted by molar-refractivity contribution is -0.141. The lowest BCUT2D eigenvalue weighted by Crippen LogP contribution is -2.22. The maximum absolute atomic E-state index is 11.4. The van der Waals surface area contributed by atoms with E-state index in [9.17, 15) is 9.90 Å². The number of rotatable bonds is 6. The van der Waals surface area contributed by atoms with Crippen molar-refractivity contribution < 1.29 is 14.6 Å². The number of carbonyl (C=O) groups is 1. The predicted octanol–water partition coefficient (Wildman–Crippen LogP) is 3.46. The molecule has 0 spiro atoms. The number of hydrogen-bond acceptors (Lipinski definition) is 3. The van der Waals surface area contributed by atoms with E-state index < -0.39 is 5.60 Å². The van der Waals surface area contributed by atoms with Crippen LogP contribution in [0.3, 0.4) is 0 Å². The van der Waals surface area contributed by atoms with Crippen LogP contribution in [-0.2, 0) is 9.53 Å². The van der Waals surface area contributed by atoms with Gasteiger partial charge in [0.2, 0.25) is 0 Å². The molecule has 0 aromatic rings. The zero-order chi connectivity index (χ0) is 14.8. The third-order valence-electron chi connectivity index (χ3n) is 4.88. The number of fused-ring (bicyclic) bond motifs is 1. The minimum Gasteiger partial charge on any atom is -0.462 e. The summed E-state index contributed by atoms with van der Waals surface area (Å²) < 4.78 is 5.36. The van der Waals surface area contributed by atoms with Gasteiger partial charge in [-0.25, -0.2) is 0 Å². The number of hydrogen-bond donors (Lipinski definition) is 1. The Balaban J connectivity index is 1.94. The number of carbonyl (C=O) groups excluding carboxylic acids is 1. The van der Waals surface area contributed by atoms with Gasteiger partial charge in [-0.15, -0.1) is 0 Å². The van der Waals surface area contributed by atoms with Crippen LogP contribution in [-0.4, -0.2) is 22.8 Å². The van der Waals surface area contributed by atoms with Gasteiger partial charge in [0.15, 0.2) is 0 Å². The molecule has 1 saturated carbocycles. The quantitative estimate of drug-likeness (QED) is 0.460. The van der Waals surface area contributed by atoms with Crippen molar-refractivity contribution in [3.63, 3.8) is 0 Å². The molecule has 2 rings (SSSR count). The van der Waals surface area contributed by atoms with Gasteiger partial charge in [0, 0.05) is 5.92 Å². The van der Waals surface area contributed by atoms with Crippen molar-refractivity contribution in [1.29, 1.82) is 0 Å². The summed E-state index contributed by atoms with van der Waals surface area (Å²) in [4.78, 5) is 11.4. The molecular formula is C17H28O3. The molecule has 2 aliphatic rings. The van der Waals surface area contributed by atoms with Crippen molar-refractivity contribution in [2.45, 2.75) is 71.0 Å². The van der Waals surface area contributed by atoms with E-state index in [1.165, 1.54) is 6.42 Å². The Hall–Kier alpha value is -0.830. The number of ether oxygens (including phenoxy) is 1. The van der Waals surface area contributed by atoms with Gasteiger partial charge < -0.3 is 9.84 Å². The lowest BCUT2D eigenvalue weighted by atomic mass is 9.86. The Morgan fingerprint density at radius 1 is 1.45 bits per heavy atom. The van der Waals surface area contributed by atoms with Crippen LogP contribution >= 0.6 is 0 Å². The molecule has 0 amide bonds. The van der Waals surface area contributed by atoms with E-state index in [1.807, 2.05) is 13.0 Å². The Morgan fingerprint density at radius 2 is 2.20 bits per heavy atom. The van der Waals surface area contributed by atoms with Crippen molar-refractivity contribution in [2.24, 2.45) is 17.8 Å². The van der Waals surface area contributed by atoms with E-state index in [-0.39, 0.29) is 12.1 Å². The fourth-order valence-corrected chi connectivity index (χ4v) is 3.65. The first-order chi connectivity index (χ1) is 9.43. The highest BCUT2D eigenvalue weighted by Crippen LogP contribution is 2.45. The second kappa shape index (κ2) is 6.30. The molecule has 114 valence electrons. The van der Waals surface area contributed by atoms with Crippen molar-refractivity contribution >= 4 is 5.97 Å². The van der Waals surface area contributed by atoms with Crippen LogP contribution in [0.5, 0.6) is 0 Å². The molecule has 1 aliphatic carbocycles. The van der Waals surface area contributed by atoms with Gasteiger partial charge in [-0.3, -0.25) is 4.79 Å². The largest absolute Gasteiger partial charge is 0.462 e. The first-order valence-electron chi connectivity index (χ1n) is 8.04. The minimum absolute atomic E-state index is 0.0556. The maximum Gasteiger partial charge on any atom is 0.306 e. The highest BCUT2D eigenvalue weighted by molar-refractivity contribution is 5.72. The second-order valence-corrected chi connectivity index (χ2v) is 6.86. The summed E-state index contributed by atoms with van der Waals surface area (Å²) in [5.74, 6) is 1.16. The standard InChI is InChI=1S/C17H28O3/c1-4-5-6-8-17(3,19)9-7-13-12(2)10-15-14(13)11-16(18)20-15/h7,9,12-15,19H,4-6,8,10-11H2,1-3H3/b9-7+/t12-,13?,14?,15+,17+/m1/s1. The summed E-state index contributed by atoms with van der Waals surface area (Å²) in [5.41, 5.74) is -0.726. The average molecular weight is 280 g/mol. The number of esters is 1. The molecule has 0 bridgehead atoms. The molecule has 0 aromatic carbocycles. The van der Waals surface area contributed by atoms with Crippen molar-refractivity contribution in [3.8, 4) is 0 Å². The summed E-state index contributed by atoms with van der Waals surface area (Å²) in [6.07, 6.45) is 9.91. The smallest absolute Gasteiger partial charge is 0.306 e. The summed E-state index contributed by atoms with van der Waals surface area (Å²) in [6, 6.07) is 0. The van der Waals surface area contributed by atoms with Crippen LogP contribution in [0.2, 0.25) is 0 Å². The van der Waals surface area contributed by atoms with Gasteiger partial charge in [-0.2, -0.15) is 0 Å². The summed E-state index contributed by atoms with van der Waals surface area (Å²) in [5, 5.41) is 10.4. The zero-order valence-corrected chi connectivity index (χ0v) is 13.0. The van der Waals surface area contributed by atoms with Gasteiger partial charge in [-0.05, 0) is 31.6 Å². The highest BCUT2D eigenvalue weighted by atomic mass is 16.6. The van der Waals surface area contributed by atoms with Crippen LogP contribution in [0.4, 0.5) is 0 Å². The van der Waals surface area contributed by atoms with Crippen LogP contribution < -0.4 is 0 Å². The Morgan fingerprint density at radius 3 is 2.90 bits per heavy atom. The topological polar surface area (TPSA) is 46.5 Å². The second-order valence-electron chi connectivity index (χ2n) is 6.86. The maximum atomic E-state index is 11.4. The van der Waals surface area contributed by atoms with Crippen LogP contribution in [0.25, 0.3) is 0 Å². The normalized spacial score (nSPS) is 36.1. The van der Waals surface area contributed by atoms with Crippen LogP contribution in [0, 0.1) is 17.8 Å². The first-order valence-corrected chi connectivity index (χ1v) is 8.04. The molecule has 1 aliphatic heterocycles. The van der Waals surface area contributed by atoms with Gasteiger partial charge >= 0.3 is 5.97 Å². The molecule has 2 unspecified atom stereocenters. The lowest BCUT2D eigenvalue weighted by Gasteiger charge is -2.21. The average Bonchev–Trinajstić information content (AvgIpc) is 2.82. The number of aliphatic hydroxyl groups is 1. The van der Waals surface area contributed by atoms with Gasteiger partial charge in [0.1, 0.15) is 6.10 Å². The molecule has 2 fully saturated rings. The molecule has 1 saturated heterocycles. The zero-order valence-electron chi connectivity index (χ0n) is 13.0. The van der Waals surface area contributed by atoms with E-state index in [0.29, 0.717) is 24.2 Å². The third kappa shape index (κ3) is 3.63. The fourth-order valence-electron chi connectivity index (χ4n) is 3.65. The van der Waals surface area contributed by atoms with E-state index in [1.54, 1.807) is 0 Å². The van der Waals surface area contributed by atoms with Gasteiger partial charge in [-0.1, -0.05) is 45.3 Å². The van der Waals surface area contributed by atoms with E-state index in [4.69, 9.17) is 4.74 Å². The van der Waals surface area contributed by atoms with E-state index >= 15 is 0 Å². The minimum atomic E-state index is -0.726. The molecular weight excluding hydrogens is 252 g/mol. The highest BCUT2D eigenvalue weighted by Gasteiger charge is 2.47. The molecule has 5 atom stereocenters. The predicted molar refractivity (Wildman–Crippen MR) is 79.2 cm³/mol. The molecule has 20 heavy (non-hydrogen) atoms. The van der Waals surface area contributed by atoms with Crippen molar-refractivity contribution in [2.75, 3.05) is 0 Å². The number of unbranched alkanes of at least 4 members (excludes halogenated alkanes) is 2. The first kappa shape index (κ1) is 15.6. The molecule has 3 heteroatoms. The molecule has 3 nitrogen and oxygen atoms in total. The Kier molecular flexibility index (Phi) is 4.90. The number of allylic oxidation sites excluding steroid dienone is 1.